The number of anilines is 1. The molecule has 1 unspecified atom stereocenters. The highest BCUT2D eigenvalue weighted by molar-refractivity contribution is 6.34. The number of amides is 1. The molecule has 0 aliphatic carbocycles. The maximum atomic E-state index is 13.6. The molecule has 162 valence electrons. The van der Waals surface area contributed by atoms with Gasteiger partial charge in [-0.15, -0.1) is 0 Å². The lowest BCUT2D eigenvalue weighted by molar-refractivity contribution is -0.142. The Hall–Kier alpha value is -1.99. The normalized spacial score (nSPS) is 19.2. The van der Waals surface area contributed by atoms with Crippen LogP contribution in [-0.4, -0.2) is 24.0 Å². The van der Waals surface area contributed by atoms with Gasteiger partial charge >= 0.3 is 6.18 Å². The number of pyridine rings is 1. The summed E-state index contributed by atoms with van der Waals surface area (Å²) in [7, 11) is 0. The van der Waals surface area contributed by atoms with Gasteiger partial charge in [0.1, 0.15) is 5.82 Å². The van der Waals surface area contributed by atoms with Gasteiger partial charge in [0.05, 0.1) is 0 Å². The second kappa shape index (κ2) is 8.63. The molecule has 0 saturated carbocycles. The van der Waals surface area contributed by atoms with Crippen LogP contribution in [0.2, 0.25) is 10.0 Å². The zero-order valence-electron chi connectivity index (χ0n) is 16.6. The van der Waals surface area contributed by atoms with Crippen molar-refractivity contribution in [2.24, 2.45) is 0 Å². The average molecular weight is 460 g/mol. The van der Waals surface area contributed by atoms with Gasteiger partial charge in [0, 0.05) is 47.1 Å². The molecule has 1 amide bonds. The van der Waals surface area contributed by atoms with Crippen LogP contribution in [0, 0.1) is 0 Å². The highest BCUT2D eigenvalue weighted by Crippen LogP contribution is 2.39. The molecule has 30 heavy (non-hydrogen) atoms. The first-order valence-electron chi connectivity index (χ1n) is 9.57. The second-order valence-electron chi connectivity index (χ2n) is 7.70. The van der Waals surface area contributed by atoms with Gasteiger partial charge in [-0.2, -0.15) is 13.2 Å². The lowest BCUT2D eigenvalue weighted by Crippen LogP contribution is -2.29. The summed E-state index contributed by atoms with van der Waals surface area (Å²) in [5.74, 6) is -0.0626. The number of alkyl halides is 3. The van der Waals surface area contributed by atoms with Crippen LogP contribution in [-0.2, 0) is 22.9 Å². The van der Waals surface area contributed by atoms with E-state index >= 15 is 0 Å². The minimum absolute atomic E-state index is 0.0587. The largest absolute Gasteiger partial charge is 0.433 e. The molecule has 1 aliphatic heterocycles. The first-order chi connectivity index (χ1) is 14.0. The number of hydrogen-bond donors (Lipinski definition) is 1. The summed E-state index contributed by atoms with van der Waals surface area (Å²) >= 11 is 12.3. The quantitative estimate of drug-likeness (QED) is 0.632. The van der Waals surface area contributed by atoms with Crippen LogP contribution in [0.3, 0.4) is 0 Å². The van der Waals surface area contributed by atoms with Gasteiger partial charge in [-0.05, 0) is 36.2 Å². The number of carbonyl (C=O) groups is 1. The SMILES string of the molecule is CCC(=O)NCc1ccc(N2CCC(C)(c3cc(Cl)cc(Cl)c3)C2)nc1C(F)(F)F. The Kier molecular flexibility index (Phi) is 6.53. The molecule has 2 aromatic rings. The number of benzene rings is 1. The molecule has 1 aromatic heterocycles. The van der Waals surface area contributed by atoms with E-state index in [4.69, 9.17) is 23.2 Å². The number of rotatable bonds is 5. The van der Waals surface area contributed by atoms with E-state index in [9.17, 15) is 18.0 Å². The van der Waals surface area contributed by atoms with E-state index in [1.54, 1.807) is 19.1 Å². The molecular weight excluding hydrogens is 438 g/mol. The van der Waals surface area contributed by atoms with Crippen molar-refractivity contribution in [3.8, 4) is 0 Å². The predicted molar refractivity (Wildman–Crippen MR) is 112 cm³/mol. The van der Waals surface area contributed by atoms with Crippen LogP contribution in [0.1, 0.15) is 43.5 Å². The Labute approximate surface area is 183 Å². The van der Waals surface area contributed by atoms with Gasteiger partial charge in [0.15, 0.2) is 5.69 Å². The molecule has 1 aliphatic rings. The summed E-state index contributed by atoms with van der Waals surface area (Å²) < 4.78 is 40.8. The Morgan fingerprint density at radius 3 is 2.50 bits per heavy atom. The molecular formula is C21H22Cl2F3N3O. The maximum Gasteiger partial charge on any atom is 0.433 e. The molecule has 1 atom stereocenters. The average Bonchev–Trinajstić information content (AvgIpc) is 3.08. The minimum Gasteiger partial charge on any atom is -0.356 e. The zero-order valence-corrected chi connectivity index (χ0v) is 18.1. The first-order valence-corrected chi connectivity index (χ1v) is 10.3. The fourth-order valence-corrected chi connectivity index (χ4v) is 4.18. The molecule has 9 heteroatoms. The zero-order chi connectivity index (χ0) is 22.1. The maximum absolute atomic E-state index is 13.6. The van der Waals surface area contributed by atoms with Gasteiger partial charge in [-0.3, -0.25) is 4.79 Å². The van der Waals surface area contributed by atoms with Gasteiger partial charge in [0.25, 0.3) is 0 Å². The number of nitrogens with one attached hydrogen (secondary N) is 1. The number of hydrogen-bond acceptors (Lipinski definition) is 3. The molecule has 1 N–H and O–H groups in total. The van der Waals surface area contributed by atoms with Crippen molar-refractivity contribution in [3.63, 3.8) is 0 Å². The highest BCUT2D eigenvalue weighted by atomic mass is 35.5. The van der Waals surface area contributed by atoms with Crippen molar-refractivity contribution in [3.05, 3.63) is 57.2 Å². The summed E-state index contributed by atoms with van der Waals surface area (Å²) in [6.45, 7) is 4.50. The summed E-state index contributed by atoms with van der Waals surface area (Å²) in [5, 5.41) is 3.52. The van der Waals surface area contributed by atoms with Crippen molar-refractivity contribution < 1.29 is 18.0 Å². The fourth-order valence-electron chi connectivity index (χ4n) is 3.66. The van der Waals surface area contributed by atoms with Crippen LogP contribution >= 0.6 is 23.2 Å². The number of carbonyl (C=O) groups excluding carboxylic acids is 1. The smallest absolute Gasteiger partial charge is 0.356 e. The van der Waals surface area contributed by atoms with E-state index in [1.165, 1.54) is 6.07 Å². The van der Waals surface area contributed by atoms with E-state index in [-0.39, 0.29) is 35.7 Å². The van der Waals surface area contributed by atoms with Crippen LogP contribution in [0.15, 0.2) is 30.3 Å². The molecule has 1 fully saturated rings. The van der Waals surface area contributed by atoms with Gasteiger partial charge in [0.2, 0.25) is 5.91 Å². The van der Waals surface area contributed by atoms with E-state index in [0.717, 1.165) is 12.0 Å². The molecule has 1 aromatic carbocycles. The fraction of sp³-hybridized carbons (Fsp3) is 0.429. The van der Waals surface area contributed by atoms with Crippen LogP contribution < -0.4 is 10.2 Å². The topological polar surface area (TPSA) is 45.2 Å². The van der Waals surface area contributed by atoms with E-state index in [2.05, 4.69) is 10.3 Å². The van der Waals surface area contributed by atoms with Gasteiger partial charge < -0.3 is 10.2 Å². The third kappa shape index (κ3) is 5.01. The predicted octanol–water partition coefficient (Wildman–Crippen LogP) is 5.60. The van der Waals surface area contributed by atoms with Gasteiger partial charge in [-0.25, -0.2) is 4.98 Å². The van der Waals surface area contributed by atoms with Crippen LogP contribution in [0.25, 0.3) is 0 Å². The molecule has 0 radical (unpaired) electrons. The van der Waals surface area contributed by atoms with Crippen molar-refractivity contribution in [1.82, 2.24) is 10.3 Å². The third-order valence-corrected chi connectivity index (χ3v) is 5.82. The summed E-state index contributed by atoms with van der Waals surface area (Å²) in [6.07, 6.45) is -3.69. The summed E-state index contributed by atoms with van der Waals surface area (Å²) in [6, 6.07) is 8.28. The van der Waals surface area contributed by atoms with Crippen LogP contribution in [0.4, 0.5) is 19.0 Å². The van der Waals surface area contributed by atoms with Crippen molar-refractivity contribution in [2.75, 3.05) is 18.0 Å². The van der Waals surface area contributed by atoms with Crippen molar-refractivity contribution >= 4 is 34.9 Å². The lowest BCUT2D eigenvalue weighted by atomic mass is 9.82. The molecule has 0 spiro atoms. The van der Waals surface area contributed by atoms with E-state index in [1.807, 2.05) is 24.0 Å². The second-order valence-corrected chi connectivity index (χ2v) is 8.57. The number of nitrogens with zero attached hydrogens (tertiary/aromatic N) is 2. The number of aromatic nitrogens is 1. The van der Waals surface area contributed by atoms with Crippen molar-refractivity contribution in [1.29, 1.82) is 0 Å². The number of halogens is 5. The lowest BCUT2D eigenvalue weighted by Gasteiger charge is -2.26. The molecule has 3 rings (SSSR count). The Bertz CT molecular complexity index is 931. The standard InChI is InChI=1S/C21H22Cl2F3N3O/c1-3-18(30)27-11-13-4-5-17(28-19(13)21(24,25)26)29-7-6-20(2,12-29)14-8-15(22)10-16(23)9-14/h4-5,8-10H,3,6-7,11-12H2,1-2H3,(H,27,30). The van der Waals surface area contributed by atoms with Crippen LogP contribution in [0.5, 0.6) is 0 Å². The Balaban J connectivity index is 1.86. The molecule has 4 nitrogen and oxygen atoms in total. The first kappa shape index (κ1) is 22.7. The molecule has 2 heterocycles. The van der Waals surface area contributed by atoms with Crippen molar-refractivity contribution in [2.45, 2.75) is 44.8 Å². The van der Waals surface area contributed by atoms with E-state index in [0.29, 0.717) is 23.1 Å². The third-order valence-electron chi connectivity index (χ3n) is 5.39. The Morgan fingerprint density at radius 2 is 1.90 bits per heavy atom. The van der Waals surface area contributed by atoms with Gasteiger partial charge in [-0.1, -0.05) is 43.1 Å². The summed E-state index contributed by atoms with van der Waals surface area (Å²) in [5.41, 5.74) is -0.410. The summed E-state index contributed by atoms with van der Waals surface area (Å²) in [4.78, 5) is 17.2. The Morgan fingerprint density at radius 1 is 1.23 bits per heavy atom. The minimum atomic E-state index is -4.62. The highest BCUT2D eigenvalue weighted by Gasteiger charge is 2.39. The monoisotopic (exact) mass is 459 g/mol. The van der Waals surface area contributed by atoms with E-state index < -0.39 is 11.9 Å². The molecule has 0 bridgehead atoms. The molecule has 1 saturated heterocycles.